The molecule has 6 heteroatoms. The van der Waals surface area contributed by atoms with Gasteiger partial charge in [0, 0.05) is 45.1 Å². The van der Waals surface area contributed by atoms with Gasteiger partial charge in [-0.3, -0.25) is 9.88 Å². The van der Waals surface area contributed by atoms with E-state index in [1.54, 1.807) is 24.7 Å². The predicted octanol–water partition coefficient (Wildman–Crippen LogP) is 1.03. The lowest BCUT2D eigenvalue weighted by Crippen LogP contribution is -2.33. The fourth-order valence-corrected chi connectivity index (χ4v) is 2.86. The Kier molecular flexibility index (Phi) is 4.81. The third kappa shape index (κ3) is 4.03. The molecule has 0 saturated carbocycles. The smallest absolute Gasteiger partial charge is 0.147 e. The molecule has 0 bridgehead atoms. The molecule has 1 aliphatic rings. The van der Waals surface area contributed by atoms with Crippen LogP contribution in [0.3, 0.4) is 0 Å². The van der Waals surface area contributed by atoms with Gasteiger partial charge in [-0.25, -0.2) is 4.98 Å². The van der Waals surface area contributed by atoms with Crippen molar-refractivity contribution in [2.24, 2.45) is 0 Å². The fraction of sp³-hybridized carbons (Fsp3) is 0.353. The van der Waals surface area contributed by atoms with Crippen molar-refractivity contribution in [3.63, 3.8) is 0 Å². The van der Waals surface area contributed by atoms with Crippen molar-refractivity contribution in [1.82, 2.24) is 14.9 Å². The Morgan fingerprint density at radius 1 is 1.26 bits per heavy atom. The summed E-state index contributed by atoms with van der Waals surface area (Å²) in [4.78, 5) is 12.7. The lowest BCUT2D eigenvalue weighted by Gasteiger charge is -2.22. The van der Waals surface area contributed by atoms with E-state index in [-0.39, 0.29) is 0 Å². The van der Waals surface area contributed by atoms with Gasteiger partial charge >= 0.3 is 0 Å². The first-order valence-corrected chi connectivity index (χ1v) is 7.65. The van der Waals surface area contributed by atoms with Gasteiger partial charge in [-0.05, 0) is 17.7 Å². The van der Waals surface area contributed by atoms with Crippen molar-refractivity contribution in [1.29, 1.82) is 5.26 Å². The minimum absolute atomic E-state index is 0.446. The van der Waals surface area contributed by atoms with Gasteiger partial charge in [0.05, 0.1) is 23.9 Å². The Labute approximate surface area is 135 Å². The summed E-state index contributed by atoms with van der Waals surface area (Å²) in [6.07, 6.45) is 4.58. The van der Waals surface area contributed by atoms with Crippen molar-refractivity contribution in [3.05, 3.63) is 54.0 Å². The number of rotatable bonds is 3. The molecule has 2 aromatic rings. The Balaban J connectivity index is 1.67. The number of hydrogen-bond donors (Lipinski definition) is 1. The minimum atomic E-state index is -0.446. The van der Waals surface area contributed by atoms with Gasteiger partial charge in [-0.1, -0.05) is 12.1 Å². The number of β-amino-alcohol motifs (C(OH)–C–C–N with tert-alkyl or cyclic N) is 1. The highest BCUT2D eigenvalue weighted by Crippen LogP contribution is 2.14. The summed E-state index contributed by atoms with van der Waals surface area (Å²) in [5.41, 5.74) is 1.75. The average molecular weight is 309 g/mol. The first-order chi connectivity index (χ1) is 11.2. The van der Waals surface area contributed by atoms with Crippen LogP contribution in [-0.4, -0.2) is 52.3 Å². The van der Waals surface area contributed by atoms with Crippen molar-refractivity contribution >= 4 is 5.82 Å². The molecule has 0 radical (unpaired) electrons. The van der Waals surface area contributed by atoms with Crippen LogP contribution in [0.1, 0.15) is 11.1 Å². The van der Waals surface area contributed by atoms with Gasteiger partial charge < -0.3 is 10.0 Å². The molecule has 1 unspecified atom stereocenters. The Morgan fingerprint density at radius 2 is 2.17 bits per heavy atom. The summed E-state index contributed by atoms with van der Waals surface area (Å²) in [5.74, 6) is 0.792. The minimum Gasteiger partial charge on any atom is -0.390 e. The average Bonchev–Trinajstić information content (AvgIpc) is 2.77. The summed E-state index contributed by atoms with van der Waals surface area (Å²) in [6, 6.07) is 9.77. The van der Waals surface area contributed by atoms with E-state index in [2.05, 4.69) is 25.8 Å². The topological polar surface area (TPSA) is 76.3 Å². The standard InChI is InChI=1S/C17H19N5O/c18-9-14-2-1-3-15(8-14)11-21-6-7-22(13-16(23)12-21)17-10-19-4-5-20-17/h1-5,8,10,16,23H,6-7,11-13H2. The van der Waals surface area contributed by atoms with E-state index in [4.69, 9.17) is 5.26 Å². The molecule has 23 heavy (non-hydrogen) atoms. The SMILES string of the molecule is N#Cc1cccc(CN2CCN(c3cnccn3)CC(O)C2)c1. The fourth-order valence-electron chi connectivity index (χ4n) is 2.86. The van der Waals surface area contributed by atoms with Crippen molar-refractivity contribution < 1.29 is 5.11 Å². The maximum Gasteiger partial charge on any atom is 0.147 e. The summed E-state index contributed by atoms with van der Waals surface area (Å²) in [7, 11) is 0. The molecule has 0 spiro atoms. The first kappa shape index (κ1) is 15.4. The molecule has 1 N–H and O–H groups in total. The Hall–Kier alpha value is -2.49. The summed E-state index contributed by atoms with van der Waals surface area (Å²) >= 11 is 0. The van der Waals surface area contributed by atoms with E-state index < -0.39 is 6.10 Å². The number of nitriles is 1. The van der Waals surface area contributed by atoms with Crippen LogP contribution >= 0.6 is 0 Å². The highest BCUT2D eigenvalue weighted by atomic mass is 16.3. The Bertz CT molecular complexity index is 685. The van der Waals surface area contributed by atoms with E-state index in [9.17, 15) is 5.11 Å². The summed E-state index contributed by atoms with van der Waals surface area (Å²) < 4.78 is 0. The van der Waals surface area contributed by atoms with Gasteiger partial charge in [-0.15, -0.1) is 0 Å². The maximum atomic E-state index is 10.3. The highest BCUT2D eigenvalue weighted by molar-refractivity contribution is 5.36. The molecule has 1 saturated heterocycles. The summed E-state index contributed by atoms with van der Waals surface area (Å²) in [5, 5.41) is 19.3. The molecule has 6 nitrogen and oxygen atoms in total. The third-order valence-electron chi connectivity index (χ3n) is 3.92. The molecule has 118 valence electrons. The predicted molar refractivity (Wildman–Crippen MR) is 86.7 cm³/mol. The van der Waals surface area contributed by atoms with Gasteiger partial charge in [-0.2, -0.15) is 5.26 Å². The summed E-state index contributed by atoms with van der Waals surface area (Å²) in [6.45, 7) is 3.49. The van der Waals surface area contributed by atoms with Gasteiger partial charge in [0.25, 0.3) is 0 Å². The van der Waals surface area contributed by atoms with Crippen LogP contribution in [0.15, 0.2) is 42.9 Å². The van der Waals surface area contributed by atoms with Crippen LogP contribution in [0.25, 0.3) is 0 Å². The van der Waals surface area contributed by atoms with E-state index in [0.717, 1.165) is 31.0 Å². The Morgan fingerprint density at radius 3 is 2.96 bits per heavy atom. The van der Waals surface area contributed by atoms with E-state index in [1.165, 1.54) is 0 Å². The molecular weight excluding hydrogens is 290 g/mol. The van der Waals surface area contributed by atoms with Crippen LogP contribution < -0.4 is 4.90 Å². The van der Waals surface area contributed by atoms with Crippen LogP contribution in [-0.2, 0) is 6.54 Å². The molecule has 0 aliphatic carbocycles. The number of anilines is 1. The number of benzene rings is 1. The van der Waals surface area contributed by atoms with E-state index in [1.807, 2.05) is 18.2 Å². The zero-order chi connectivity index (χ0) is 16.1. The van der Waals surface area contributed by atoms with Crippen LogP contribution in [0.5, 0.6) is 0 Å². The van der Waals surface area contributed by atoms with Crippen LogP contribution in [0.2, 0.25) is 0 Å². The number of aliphatic hydroxyl groups is 1. The monoisotopic (exact) mass is 309 g/mol. The molecular formula is C17H19N5O. The molecule has 0 amide bonds. The van der Waals surface area contributed by atoms with E-state index >= 15 is 0 Å². The number of hydrogen-bond acceptors (Lipinski definition) is 6. The van der Waals surface area contributed by atoms with Crippen LogP contribution in [0, 0.1) is 11.3 Å². The largest absolute Gasteiger partial charge is 0.390 e. The molecule has 1 aromatic heterocycles. The van der Waals surface area contributed by atoms with Crippen molar-refractivity contribution in [3.8, 4) is 6.07 Å². The zero-order valence-corrected chi connectivity index (χ0v) is 12.8. The highest BCUT2D eigenvalue weighted by Gasteiger charge is 2.22. The molecule has 1 fully saturated rings. The lowest BCUT2D eigenvalue weighted by atomic mass is 10.1. The van der Waals surface area contributed by atoms with Crippen molar-refractivity contribution in [2.75, 3.05) is 31.1 Å². The lowest BCUT2D eigenvalue weighted by molar-refractivity contribution is 0.129. The van der Waals surface area contributed by atoms with Gasteiger partial charge in [0.2, 0.25) is 0 Å². The molecule has 3 rings (SSSR count). The second-order valence-electron chi connectivity index (χ2n) is 5.71. The van der Waals surface area contributed by atoms with Gasteiger partial charge in [0.15, 0.2) is 0 Å². The molecule has 2 heterocycles. The van der Waals surface area contributed by atoms with Gasteiger partial charge in [0.1, 0.15) is 5.82 Å². The number of nitrogens with zero attached hydrogens (tertiary/aromatic N) is 5. The normalized spacial score (nSPS) is 19.1. The number of aromatic nitrogens is 2. The third-order valence-corrected chi connectivity index (χ3v) is 3.92. The molecule has 1 atom stereocenters. The van der Waals surface area contributed by atoms with Crippen LogP contribution in [0.4, 0.5) is 5.82 Å². The maximum absolute atomic E-state index is 10.3. The quantitative estimate of drug-likeness (QED) is 0.912. The van der Waals surface area contributed by atoms with E-state index in [0.29, 0.717) is 18.7 Å². The molecule has 1 aromatic carbocycles. The molecule has 1 aliphatic heterocycles. The zero-order valence-electron chi connectivity index (χ0n) is 12.8. The van der Waals surface area contributed by atoms with Crippen molar-refractivity contribution in [2.45, 2.75) is 12.6 Å². The number of aliphatic hydroxyl groups excluding tert-OH is 1. The second kappa shape index (κ2) is 7.18. The second-order valence-corrected chi connectivity index (χ2v) is 5.71. The first-order valence-electron chi connectivity index (χ1n) is 7.65.